The summed E-state index contributed by atoms with van der Waals surface area (Å²) in [5.74, 6) is 0.0382. The molecule has 1 fully saturated rings. The zero-order valence-electron chi connectivity index (χ0n) is 15.8. The minimum absolute atomic E-state index is 0.0382. The summed E-state index contributed by atoms with van der Waals surface area (Å²) >= 11 is 6.25. The second kappa shape index (κ2) is 8.48. The van der Waals surface area contributed by atoms with E-state index in [9.17, 15) is 4.79 Å². The Kier molecular flexibility index (Phi) is 5.61. The van der Waals surface area contributed by atoms with Crippen LogP contribution in [-0.4, -0.2) is 28.0 Å². The van der Waals surface area contributed by atoms with E-state index in [1.165, 1.54) is 0 Å². The number of carbonyl (C=O) groups is 1. The number of aromatic nitrogens is 2. The van der Waals surface area contributed by atoms with Gasteiger partial charge in [-0.15, -0.1) is 0 Å². The second-order valence-corrected chi connectivity index (χ2v) is 7.39. The van der Waals surface area contributed by atoms with Crippen LogP contribution in [0.2, 0.25) is 5.02 Å². The number of rotatable bonds is 6. The van der Waals surface area contributed by atoms with E-state index in [2.05, 4.69) is 16.4 Å². The summed E-state index contributed by atoms with van der Waals surface area (Å²) in [5.41, 5.74) is 3.49. The van der Waals surface area contributed by atoms with E-state index in [1.54, 1.807) is 17.3 Å². The lowest BCUT2D eigenvalue weighted by molar-refractivity contribution is -0.118. The SMILES string of the molecule is N#Cc1ccc(Cn2cncc2CN[C@@H]2CCN(c3ccccc3Cl)C2=O)cc1. The molecule has 0 aliphatic carbocycles. The van der Waals surface area contributed by atoms with Crippen LogP contribution in [0.4, 0.5) is 5.69 Å². The molecule has 1 atom stereocenters. The number of para-hydroxylation sites is 1. The Bertz CT molecular complexity index is 1050. The van der Waals surface area contributed by atoms with Gasteiger partial charge in [-0.05, 0) is 36.2 Å². The average molecular weight is 406 g/mol. The smallest absolute Gasteiger partial charge is 0.244 e. The molecule has 4 rings (SSSR count). The third kappa shape index (κ3) is 4.16. The standard InChI is InChI=1S/C22H20ClN5O/c23-19-3-1-2-4-21(19)28-10-9-20(22(28)29)26-13-18-12-25-15-27(18)14-17-7-5-16(11-24)6-8-17/h1-8,12,15,20,26H,9-10,13-14H2/t20-/m1/s1. The number of imidazole rings is 1. The molecule has 2 heterocycles. The molecule has 0 unspecified atom stereocenters. The largest absolute Gasteiger partial charge is 0.329 e. The molecule has 0 radical (unpaired) electrons. The molecule has 3 aromatic rings. The molecule has 146 valence electrons. The fourth-order valence-corrected chi connectivity index (χ4v) is 3.76. The van der Waals surface area contributed by atoms with Crippen molar-refractivity contribution in [1.82, 2.24) is 14.9 Å². The number of hydrogen-bond acceptors (Lipinski definition) is 4. The van der Waals surface area contributed by atoms with Crippen molar-refractivity contribution in [3.8, 4) is 6.07 Å². The molecular formula is C22H20ClN5O. The van der Waals surface area contributed by atoms with Crippen molar-refractivity contribution < 1.29 is 4.79 Å². The van der Waals surface area contributed by atoms with Gasteiger partial charge in [0.1, 0.15) is 0 Å². The molecule has 0 spiro atoms. The Hall–Kier alpha value is -3.14. The van der Waals surface area contributed by atoms with Gasteiger partial charge in [-0.1, -0.05) is 35.9 Å². The zero-order valence-corrected chi connectivity index (χ0v) is 16.5. The van der Waals surface area contributed by atoms with Crippen LogP contribution < -0.4 is 10.2 Å². The van der Waals surface area contributed by atoms with Gasteiger partial charge in [-0.2, -0.15) is 5.26 Å². The number of benzene rings is 2. The lowest BCUT2D eigenvalue weighted by atomic mass is 10.1. The number of nitrogens with one attached hydrogen (secondary N) is 1. The van der Waals surface area contributed by atoms with Gasteiger partial charge >= 0.3 is 0 Å². The Balaban J connectivity index is 1.39. The van der Waals surface area contributed by atoms with Gasteiger partial charge in [0.15, 0.2) is 0 Å². The second-order valence-electron chi connectivity index (χ2n) is 6.99. The van der Waals surface area contributed by atoms with Crippen molar-refractivity contribution in [3.63, 3.8) is 0 Å². The fraction of sp³-hybridized carbons (Fsp3) is 0.227. The van der Waals surface area contributed by atoms with E-state index in [-0.39, 0.29) is 11.9 Å². The van der Waals surface area contributed by atoms with Crippen LogP contribution in [-0.2, 0) is 17.9 Å². The van der Waals surface area contributed by atoms with Crippen LogP contribution in [0.15, 0.2) is 61.1 Å². The van der Waals surface area contributed by atoms with Crippen molar-refractivity contribution in [2.45, 2.75) is 25.6 Å². The van der Waals surface area contributed by atoms with Crippen molar-refractivity contribution in [2.24, 2.45) is 0 Å². The molecule has 1 aliphatic rings. The summed E-state index contributed by atoms with van der Waals surface area (Å²) in [7, 11) is 0. The number of nitriles is 1. The third-order valence-corrected chi connectivity index (χ3v) is 5.43. The first-order chi connectivity index (χ1) is 14.2. The highest BCUT2D eigenvalue weighted by Crippen LogP contribution is 2.29. The molecule has 1 aliphatic heterocycles. The van der Waals surface area contributed by atoms with E-state index in [1.807, 2.05) is 53.2 Å². The van der Waals surface area contributed by atoms with E-state index in [4.69, 9.17) is 16.9 Å². The number of nitrogens with zero attached hydrogens (tertiary/aromatic N) is 4. The fourth-order valence-electron chi connectivity index (χ4n) is 3.53. The number of halogens is 1. The van der Waals surface area contributed by atoms with Gasteiger partial charge in [-0.25, -0.2) is 4.98 Å². The lowest BCUT2D eigenvalue weighted by Crippen LogP contribution is -2.38. The Labute approximate surface area is 174 Å². The molecule has 6 nitrogen and oxygen atoms in total. The van der Waals surface area contributed by atoms with Crippen LogP contribution in [0.5, 0.6) is 0 Å². The maximum atomic E-state index is 12.8. The van der Waals surface area contributed by atoms with Crippen molar-refractivity contribution in [3.05, 3.63) is 82.9 Å². The van der Waals surface area contributed by atoms with Gasteiger partial charge in [0, 0.05) is 25.8 Å². The Morgan fingerprint density at radius 1 is 1.21 bits per heavy atom. The lowest BCUT2D eigenvalue weighted by Gasteiger charge is -2.18. The summed E-state index contributed by atoms with van der Waals surface area (Å²) in [6.07, 6.45) is 4.32. The maximum absolute atomic E-state index is 12.8. The van der Waals surface area contributed by atoms with Crippen LogP contribution in [0.3, 0.4) is 0 Å². The zero-order chi connectivity index (χ0) is 20.2. The quantitative estimate of drug-likeness (QED) is 0.682. The number of hydrogen-bond donors (Lipinski definition) is 1. The minimum atomic E-state index is -0.246. The third-order valence-electron chi connectivity index (χ3n) is 5.11. The van der Waals surface area contributed by atoms with E-state index in [0.717, 1.165) is 23.4 Å². The van der Waals surface area contributed by atoms with Crippen molar-refractivity contribution in [1.29, 1.82) is 5.26 Å². The molecule has 0 bridgehead atoms. The van der Waals surface area contributed by atoms with Crippen LogP contribution in [0.1, 0.15) is 23.2 Å². The average Bonchev–Trinajstić information content (AvgIpc) is 3.33. The van der Waals surface area contributed by atoms with Gasteiger partial charge < -0.3 is 14.8 Å². The number of amides is 1. The minimum Gasteiger partial charge on any atom is -0.329 e. The van der Waals surface area contributed by atoms with Gasteiger partial charge in [0.2, 0.25) is 5.91 Å². The summed E-state index contributed by atoms with van der Waals surface area (Å²) in [6.45, 7) is 1.85. The summed E-state index contributed by atoms with van der Waals surface area (Å²) in [4.78, 5) is 18.8. The molecule has 29 heavy (non-hydrogen) atoms. The molecule has 1 N–H and O–H groups in total. The van der Waals surface area contributed by atoms with Gasteiger partial charge in [-0.3, -0.25) is 4.79 Å². The monoisotopic (exact) mass is 405 g/mol. The van der Waals surface area contributed by atoms with Crippen LogP contribution >= 0.6 is 11.6 Å². The molecular weight excluding hydrogens is 386 g/mol. The first kappa shape index (κ1) is 19.2. The van der Waals surface area contributed by atoms with E-state index in [0.29, 0.717) is 30.2 Å². The summed E-state index contributed by atoms with van der Waals surface area (Å²) in [6, 6.07) is 16.8. The molecule has 1 aromatic heterocycles. The molecule has 0 saturated carbocycles. The first-order valence-electron chi connectivity index (χ1n) is 9.43. The Morgan fingerprint density at radius 2 is 2.00 bits per heavy atom. The first-order valence-corrected chi connectivity index (χ1v) is 9.81. The number of carbonyl (C=O) groups excluding carboxylic acids is 1. The van der Waals surface area contributed by atoms with Crippen LogP contribution in [0.25, 0.3) is 0 Å². The Morgan fingerprint density at radius 3 is 2.76 bits per heavy atom. The molecule has 1 saturated heterocycles. The van der Waals surface area contributed by atoms with Crippen LogP contribution in [0, 0.1) is 11.3 Å². The van der Waals surface area contributed by atoms with Gasteiger partial charge in [0.05, 0.1) is 40.4 Å². The molecule has 1 amide bonds. The summed E-state index contributed by atoms with van der Waals surface area (Å²) < 4.78 is 2.04. The van der Waals surface area contributed by atoms with E-state index < -0.39 is 0 Å². The topological polar surface area (TPSA) is 74.0 Å². The van der Waals surface area contributed by atoms with Crippen molar-refractivity contribution in [2.75, 3.05) is 11.4 Å². The predicted molar refractivity (Wildman–Crippen MR) is 112 cm³/mol. The predicted octanol–water partition coefficient (Wildman–Crippen LogP) is 3.35. The highest BCUT2D eigenvalue weighted by atomic mass is 35.5. The van der Waals surface area contributed by atoms with Gasteiger partial charge in [0.25, 0.3) is 0 Å². The maximum Gasteiger partial charge on any atom is 0.244 e. The molecule has 7 heteroatoms. The van der Waals surface area contributed by atoms with E-state index >= 15 is 0 Å². The number of anilines is 1. The highest BCUT2D eigenvalue weighted by Gasteiger charge is 2.33. The molecule has 2 aromatic carbocycles. The summed E-state index contributed by atoms with van der Waals surface area (Å²) in [5, 5.41) is 12.9. The van der Waals surface area contributed by atoms with Crippen molar-refractivity contribution >= 4 is 23.2 Å². The normalized spacial score (nSPS) is 16.2. The highest BCUT2D eigenvalue weighted by molar-refractivity contribution is 6.33.